The van der Waals surface area contributed by atoms with E-state index in [-0.39, 0.29) is 6.04 Å². The van der Waals surface area contributed by atoms with Crippen molar-refractivity contribution in [1.29, 1.82) is 0 Å². The van der Waals surface area contributed by atoms with E-state index in [1.807, 2.05) is 7.05 Å². The molecule has 2 nitrogen and oxygen atoms in total. The number of thiophene rings is 1. The SMILES string of the molecule is CNC(=S)N[C@H](c1ccc(C)cc1)c1cccs1. The molecule has 0 amide bonds. The van der Waals surface area contributed by atoms with Crippen LogP contribution in [0, 0.1) is 6.92 Å². The molecule has 0 unspecified atom stereocenters. The summed E-state index contributed by atoms with van der Waals surface area (Å²) in [7, 11) is 1.83. The van der Waals surface area contributed by atoms with Gasteiger partial charge in [-0.05, 0) is 36.2 Å². The van der Waals surface area contributed by atoms with E-state index in [0.717, 1.165) is 0 Å². The Bertz CT molecular complexity index is 503. The number of aryl methyl sites for hydroxylation is 1. The number of thiocarbonyl (C=S) groups is 1. The maximum atomic E-state index is 5.21. The molecule has 1 heterocycles. The normalized spacial score (nSPS) is 11.9. The summed E-state index contributed by atoms with van der Waals surface area (Å²) in [6.07, 6.45) is 0. The molecular formula is C14H16N2S2. The number of nitrogens with one attached hydrogen (secondary N) is 2. The Morgan fingerprint density at radius 1 is 1.22 bits per heavy atom. The van der Waals surface area contributed by atoms with Crippen LogP contribution in [0.2, 0.25) is 0 Å². The van der Waals surface area contributed by atoms with Gasteiger partial charge in [-0.1, -0.05) is 35.9 Å². The van der Waals surface area contributed by atoms with E-state index < -0.39 is 0 Å². The molecule has 0 spiro atoms. The van der Waals surface area contributed by atoms with E-state index in [4.69, 9.17) is 12.2 Å². The molecule has 2 rings (SSSR count). The molecule has 0 aliphatic carbocycles. The van der Waals surface area contributed by atoms with Crippen LogP contribution in [0.5, 0.6) is 0 Å². The Balaban J connectivity index is 2.30. The molecule has 0 aliphatic rings. The highest BCUT2D eigenvalue weighted by Crippen LogP contribution is 2.26. The molecule has 18 heavy (non-hydrogen) atoms. The van der Waals surface area contributed by atoms with Gasteiger partial charge in [0.05, 0.1) is 6.04 Å². The quantitative estimate of drug-likeness (QED) is 0.842. The molecule has 0 bridgehead atoms. The van der Waals surface area contributed by atoms with Crippen LogP contribution in [-0.4, -0.2) is 12.2 Å². The zero-order valence-corrected chi connectivity index (χ0v) is 12.1. The molecule has 0 fully saturated rings. The van der Waals surface area contributed by atoms with Gasteiger partial charge in [0.25, 0.3) is 0 Å². The summed E-state index contributed by atoms with van der Waals surface area (Å²) < 4.78 is 0. The maximum Gasteiger partial charge on any atom is 0.166 e. The monoisotopic (exact) mass is 276 g/mol. The molecular weight excluding hydrogens is 260 g/mol. The molecule has 94 valence electrons. The molecule has 0 radical (unpaired) electrons. The lowest BCUT2D eigenvalue weighted by Crippen LogP contribution is -2.35. The lowest BCUT2D eigenvalue weighted by atomic mass is 10.0. The molecule has 0 saturated heterocycles. The fourth-order valence-electron chi connectivity index (χ4n) is 1.74. The van der Waals surface area contributed by atoms with Crippen molar-refractivity contribution in [3.05, 3.63) is 57.8 Å². The first-order chi connectivity index (χ1) is 8.70. The first-order valence-corrected chi connectivity index (χ1v) is 7.07. The van der Waals surface area contributed by atoms with Crippen LogP contribution in [0.25, 0.3) is 0 Å². The Hall–Kier alpha value is -1.39. The van der Waals surface area contributed by atoms with Gasteiger partial charge in [0, 0.05) is 11.9 Å². The fourth-order valence-corrected chi connectivity index (χ4v) is 2.66. The van der Waals surface area contributed by atoms with Crippen LogP contribution in [0.15, 0.2) is 41.8 Å². The third-order valence-electron chi connectivity index (χ3n) is 2.74. The summed E-state index contributed by atoms with van der Waals surface area (Å²) in [5, 5.41) is 9.04. The molecule has 1 atom stereocenters. The second-order valence-electron chi connectivity index (χ2n) is 4.08. The second-order valence-corrected chi connectivity index (χ2v) is 5.47. The lowest BCUT2D eigenvalue weighted by molar-refractivity contribution is 0.766. The number of hydrogen-bond donors (Lipinski definition) is 2. The van der Waals surface area contributed by atoms with Gasteiger partial charge in [0.15, 0.2) is 5.11 Å². The average Bonchev–Trinajstić information content (AvgIpc) is 2.90. The van der Waals surface area contributed by atoms with Crippen LogP contribution in [0.4, 0.5) is 0 Å². The summed E-state index contributed by atoms with van der Waals surface area (Å²) in [5.74, 6) is 0. The van der Waals surface area contributed by atoms with Gasteiger partial charge in [-0.15, -0.1) is 11.3 Å². The van der Waals surface area contributed by atoms with Crippen LogP contribution >= 0.6 is 23.6 Å². The summed E-state index contributed by atoms with van der Waals surface area (Å²) in [6, 6.07) is 12.8. The first-order valence-electron chi connectivity index (χ1n) is 5.79. The lowest BCUT2D eigenvalue weighted by Gasteiger charge is -2.19. The third kappa shape index (κ3) is 3.09. The largest absolute Gasteiger partial charge is 0.366 e. The molecule has 0 saturated carbocycles. The minimum Gasteiger partial charge on any atom is -0.366 e. The third-order valence-corrected chi connectivity index (χ3v) is 4.00. The van der Waals surface area contributed by atoms with Crippen molar-refractivity contribution < 1.29 is 0 Å². The zero-order chi connectivity index (χ0) is 13.0. The van der Waals surface area contributed by atoms with Gasteiger partial charge >= 0.3 is 0 Å². The van der Waals surface area contributed by atoms with Gasteiger partial charge in [0.1, 0.15) is 0 Å². The van der Waals surface area contributed by atoms with Crippen LogP contribution in [-0.2, 0) is 0 Å². The zero-order valence-electron chi connectivity index (χ0n) is 10.4. The topological polar surface area (TPSA) is 24.1 Å². The van der Waals surface area contributed by atoms with E-state index in [9.17, 15) is 0 Å². The fraction of sp³-hybridized carbons (Fsp3) is 0.214. The number of benzene rings is 1. The molecule has 2 N–H and O–H groups in total. The van der Waals surface area contributed by atoms with E-state index in [2.05, 4.69) is 59.3 Å². The molecule has 2 aromatic rings. The smallest absolute Gasteiger partial charge is 0.166 e. The first kappa shape index (κ1) is 13.1. The summed E-state index contributed by atoms with van der Waals surface area (Å²) >= 11 is 6.95. The van der Waals surface area contributed by atoms with Crippen LogP contribution < -0.4 is 10.6 Å². The van der Waals surface area contributed by atoms with Gasteiger partial charge in [0.2, 0.25) is 0 Å². The van der Waals surface area contributed by atoms with Crippen molar-refractivity contribution in [2.24, 2.45) is 0 Å². The Labute approximate surface area is 117 Å². The Kier molecular flexibility index (Phi) is 4.33. The Morgan fingerprint density at radius 2 is 1.94 bits per heavy atom. The maximum absolute atomic E-state index is 5.21. The van der Waals surface area contributed by atoms with Crippen molar-refractivity contribution in [2.45, 2.75) is 13.0 Å². The number of rotatable bonds is 3. The molecule has 1 aromatic heterocycles. The average molecular weight is 276 g/mol. The highest BCUT2D eigenvalue weighted by Gasteiger charge is 2.15. The standard InChI is InChI=1S/C14H16N2S2/c1-10-5-7-11(8-6-10)13(16-14(17)15-2)12-4-3-9-18-12/h3-9,13H,1-2H3,(H2,15,16,17)/t13-/m1/s1. The highest BCUT2D eigenvalue weighted by atomic mass is 32.1. The van der Waals surface area contributed by atoms with Crippen molar-refractivity contribution in [3.63, 3.8) is 0 Å². The van der Waals surface area contributed by atoms with Gasteiger partial charge < -0.3 is 10.6 Å². The van der Waals surface area contributed by atoms with Gasteiger partial charge in [-0.2, -0.15) is 0 Å². The van der Waals surface area contributed by atoms with E-state index in [1.54, 1.807) is 11.3 Å². The molecule has 4 heteroatoms. The summed E-state index contributed by atoms with van der Waals surface area (Å²) in [4.78, 5) is 1.26. The van der Waals surface area contributed by atoms with Crippen LogP contribution in [0.1, 0.15) is 22.0 Å². The van der Waals surface area contributed by atoms with Gasteiger partial charge in [-0.25, -0.2) is 0 Å². The molecule has 1 aromatic carbocycles. The van der Waals surface area contributed by atoms with Crippen molar-refractivity contribution >= 4 is 28.7 Å². The number of hydrogen-bond acceptors (Lipinski definition) is 2. The van der Waals surface area contributed by atoms with E-state index >= 15 is 0 Å². The Morgan fingerprint density at radius 3 is 2.50 bits per heavy atom. The van der Waals surface area contributed by atoms with Crippen LogP contribution in [0.3, 0.4) is 0 Å². The van der Waals surface area contributed by atoms with Crippen molar-refractivity contribution in [3.8, 4) is 0 Å². The van der Waals surface area contributed by atoms with Crippen molar-refractivity contribution in [1.82, 2.24) is 10.6 Å². The van der Waals surface area contributed by atoms with E-state index in [1.165, 1.54) is 16.0 Å². The van der Waals surface area contributed by atoms with Gasteiger partial charge in [-0.3, -0.25) is 0 Å². The highest BCUT2D eigenvalue weighted by molar-refractivity contribution is 7.80. The predicted molar refractivity (Wildman–Crippen MR) is 82.1 cm³/mol. The minimum absolute atomic E-state index is 0.116. The molecule has 0 aliphatic heterocycles. The van der Waals surface area contributed by atoms with E-state index in [0.29, 0.717) is 5.11 Å². The minimum atomic E-state index is 0.116. The summed E-state index contributed by atoms with van der Waals surface area (Å²) in [6.45, 7) is 2.09. The predicted octanol–water partition coefficient (Wildman–Crippen LogP) is 3.24. The van der Waals surface area contributed by atoms with Crippen molar-refractivity contribution in [2.75, 3.05) is 7.05 Å². The second kappa shape index (κ2) is 5.98. The summed E-state index contributed by atoms with van der Waals surface area (Å²) in [5.41, 5.74) is 2.49.